The van der Waals surface area contributed by atoms with Crippen LogP contribution < -0.4 is 5.73 Å². The number of anilines is 1. The molecule has 11 heteroatoms. The van der Waals surface area contributed by atoms with Crippen LogP contribution in [0.1, 0.15) is 5.56 Å². The summed E-state index contributed by atoms with van der Waals surface area (Å²) in [4.78, 5) is 9.89. The summed E-state index contributed by atoms with van der Waals surface area (Å²) in [5, 5.41) is 13.5. The number of nitrogens with zero attached hydrogens (tertiary/aromatic N) is 3. The van der Waals surface area contributed by atoms with Crippen molar-refractivity contribution < 1.29 is 18.1 Å². The molecule has 0 aliphatic rings. The summed E-state index contributed by atoms with van der Waals surface area (Å²) in [5.41, 5.74) is 3.78. The molecule has 6 nitrogen and oxygen atoms in total. The van der Waals surface area contributed by atoms with E-state index in [4.69, 9.17) is 28.9 Å². The summed E-state index contributed by atoms with van der Waals surface area (Å²) in [6, 6.07) is 1.27. The van der Waals surface area contributed by atoms with Crippen molar-refractivity contribution in [1.82, 2.24) is 9.78 Å². The van der Waals surface area contributed by atoms with Gasteiger partial charge in [0.1, 0.15) is 11.9 Å². The lowest BCUT2D eigenvalue weighted by Crippen LogP contribution is -2.08. The van der Waals surface area contributed by atoms with Gasteiger partial charge in [-0.3, -0.25) is 10.1 Å². The smallest absolute Gasteiger partial charge is 0.378 e. The van der Waals surface area contributed by atoms with E-state index in [1.54, 1.807) is 0 Å². The van der Waals surface area contributed by atoms with Crippen LogP contribution in [0.4, 0.5) is 24.7 Å². The lowest BCUT2D eigenvalue weighted by Gasteiger charge is -2.12. The summed E-state index contributed by atoms with van der Waals surface area (Å²) in [7, 11) is 0. The molecule has 1 aromatic carbocycles. The maximum Gasteiger partial charge on any atom is 0.416 e. The fraction of sp³-hybridized carbons (Fsp3) is 0.100. The van der Waals surface area contributed by atoms with Gasteiger partial charge in [-0.1, -0.05) is 23.2 Å². The topological polar surface area (TPSA) is 87.0 Å². The van der Waals surface area contributed by atoms with Crippen LogP contribution in [0.15, 0.2) is 18.3 Å². The van der Waals surface area contributed by atoms with Crippen LogP contribution in [0.2, 0.25) is 10.0 Å². The normalized spacial score (nSPS) is 11.7. The Kier molecular flexibility index (Phi) is 3.72. The van der Waals surface area contributed by atoms with E-state index in [2.05, 4.69) is 5.10 Å². The number of rotatable bonds is 2. The van der Waals surface area contributed by atoms with Gasteiger partial charge in [-0.2, -0.15) is 18.3 Å². The minimum absolute atomic E-state index is 0.170. The molecule has 2 N–H and O–H groups in total. The van der Waals surface area contributed by atoms with E-state index < -0.39 is 28.2 Å². The van der Waals surface area contributed by atoms with E-state index in [0.717, 1.165) is 10.9 Å². The molecule has 112 valence electrons. The number of hydrogen-bond donors (Lipinski definition) is 1. The second-order valence-electron chi connectivity index (χ2n) is 3.87. The molecule has 1 heterocycles. The molecule has 0 bridgehead atoms. The van der Waals surface area contributed by atoms with Gasteiger partial charge in [-0.25, -0.2) is 4.68 Å². The van der Waals surface area contributed by atoms with Gasteiger partial charge in [0.2, 0.25) is 5.82 Å². The molecule has 0 unspecified atom stereocenters. The largest absolute Gasteiger partial charge is 0.416 e. The second-order valence-corrected chi connectivity index (χ2v) is 4.68. The Balaban J connectivity index is 2.63. The van der Waals surface area contributed by atoms with Crippen LogP contribution in [0.25, 0.3) is 5.69 Å². The molecule has 0 saturated carbocycles. The van der Waals surface area contributed by atoms with Crippen molar-refractivity contribution in [1.29, 1.82) is 0 Å². The lowest BCUT2D eigenvalue weighted by molar-refractivity contribution is -0.383. The van der Waals surface area contributed by atoms with Gasteiger partial charge < -0.3 is 5.73 Å². The minimum atomic E-state index is -4.63. The number of nitrogen functional groups attached to an aromatic ring is 1. The molecule has 0 radical (unpaired) electrons. The molecule has 0 amide bonds. The number of alkyl halides is 3. The molecule has 2 rings (SSSR count). The predicted octanol–water partition coefficient (Wildman–Crippen LogP) is 3.69. The summed E-state index contributed by atoms with van der Waals surface area (Å²) >= 11 is 11.5. The highest BCUT2D eigenvalue weighted by Crippen LogP contribution is 2.38. The molecular weight excluding hydrogens is 336 g/mol. The highest BCUT2D eigenvalue weighted by Gasteiger charge is 2.33. The van der Waals surface area contributed by atoms with E-state index in [1.807, 2.05) is 0 Å². The first kappa shape index (κ1) is 15.4. The van der Waals surface area contributed by atoms with Crippen LogP contribution in [0, 0.1) is 10.1 Å². The fourth-order valence-corrected chi connectivity index (χ4v) is 2.25. The number of hydrogen-bond acceptors (Lipinski definition) is 4. The third-order valence-electron chi connectivity index (χ3n) is 2.54. The van der Waals surface area contributed by atoms with E-state index >= 15 is 0 Å². The summed E-state index contributed by atoms with van der Waals surface area (Å²) in [6.45, 7) is 0. The Bertz CT molecular complexity index is 707. The maximum absolute atomic E-state index is 12.6. The third-order valence-corrected chi connectivity index (χ3v) is 3.12. The zero-order valence-electron chi connectivity index (χ0n) is 9.86. The number of benzene rings is 1. The minimum Gasteiger partial charge on any atom is -0.378 e. The predicted molar refractivity (Wildman–Crippen MR) is 69.7 cm³/mol. The van der Waals surface area contributed by atoms with Crippen molar-refractivity contribution in [2.45, 2.75) is 6.18 Å². The van der Waals surface area contributed by atoms with Crippen molar-refractivity contribution in [3.8, 4) is 5.69 Å². The number of halogens is 5. The molecule has 0 fully saturated rings. The van der Waals surface area contributed by atoms with Crippen LogP contribution in [0.5, 0.6) is 0 Å². The molecule has 0 spiro atoms. The van der Waals surface area contributed by atoms with E-state index in [1.165, 1.54) is 0 Å². The molecule has 0 aliphatic heterocycles. The van der Waals surface area contributed by atoms with Crippen LogP contribution in [-0.2, 0) is 6.18 Å². The zero-order chi connectivity index (χ0) is 15.9. The molecule has 0 atom stereocenters. The highest BCUT2D eigenvalue weighted by molar-refractivity contribution is 6.38. The fourth-order valence-electron chi connectivity index (χ4n) is 1.60. The lowest BCUT2D eigenvalue weighted by atomic mass is 10.2. The number of nitro groups is 1. The van der Waals surface area contributed by atoms with Gasteiger partial charge >= 0.3 is 11.9 Å². The molecule has 1 aromatic heterocycles. The monoisotopic (exact) mass is 340 g/mol. The molecule has 0 aliphatic carbocycles. The van der Waals surface area contributed by atoms with Crippen LogP contribution in [0.3, 0.4) is 0 Å². The first-order valence-electron chi connectivity index (χ1n) is 5.17. The van der Waals surface area contributed by atoms with Gasteiger partial charge in [0.15, 0.2) is 0 Å². The first-order chi connectivity index (χ1) is 9.62. The average molecular weight is 341 g/mol. The molecule has 0 saturated heterocycles. The van der Waals surface area contributed by atoms with Gasteiger partial charge in [-0.15, -0.1) is 0 Å². The molecule has 2 aromatic rings. The van der Waals surface area contributed by atoms with Crippen LogP contribution >= 0.6 is 23.2 Å². The molecular formula is C10H5Cl2F3N4O2. The maximum atomic E-state index is 12.6. The van der Waals surface area contributed by atoms with E-state index in [9.17, 15) is 23.3 Å². The van der Waals surface area contributed by atoms with Gasteiger partial charge in [-0.05, 0) is 12.1 Å². The number of aromatic nitrogens is 2. The van der Waals surface area contributed by atoms with Gasteiger partial charge in [0.05, 0.1) is 20.5 Å². The Hall–Kier alpha value is -2.00. The third kappa shape index (κ3) is 2.74. The quantitative estimate of drug-likeness (QED) is 0.667. The Labute approximate surface area is 125 Å². The SMILES string of the molecule is Nc1c([N+](=O)[O-])cnn1-c1c(Cl)cc(C(F)(F)F)cc1Cl. The van der Waals surface area contributed by atoms with Crippen molar-refractivity contribution >= 4 is 34.7 Å². The Morgan fingerprint density at radius 1 is 1.29 bits per heavy atom. The summed E-state index contributed by atoms with van der Waals surface area (Å²) < 4.78 is 38.7. The van der Waals surface area contributed by atoms with Crippen LogP contribution in [-0.4, -0.2) is 14.7 Å². The first-order valence-corrected chi connectivity index (χ1v) is 5.93. The summed E-state index contributed by atoms with van der Waals surface area (Å²) in [5.74, 6) is -0.399. The second kappa shape index (κ2) is 5.08. The van der Waals surface area contributed by atoms with Crippen molar-refractivity contribution in [2.24, 2.45) is 0 Å². The molecule has 21 heavy (non-hydrogen) atoms. The average Bonchev–Trinajstić information content (AvgIpc) is 2.69. The van der Waals surface area contributed by atoms with Crippen molar-refractivity contribution in [3.63, 3.8) is 0 Å². The van der Waals surface area contributed by atoms with Gasteiger partial charge in [0.25, 0.3) is 0 Å². The van der Waals surface area contributed by atoms with E-state index in [0.29, 0.717) is 12.1 Å². The zero-order valence-corrected chi connectivity index (χ0v) is 11.4. The van der Waals surface area contributed by atoms with Crippen molar-refractivity contribution in [2.75, 3.05) is 5.73 Å². The highest BCUT2D eigenvalue weighted by atomic mass is 35.5. The summed E-state index contributed by atoms with van der Waals surface area (Å²) in [6.07, 6.45) is -3.78. The van der Waals surface area contributed by atoms with Gasteiger partial charge in [0, 0.05) is 0 Å². The Morgan fingerprint density at radius 3 is 2.19 bits per heavy atom. The van der Waals surface area contributed by atoms with E-state index in [-0.39, 0.29) is 15.7 Å². The van der Waals surface area contributed by atoms with Crippen molar-refractivity contribution in [3.05, 3.63) is 44.1 Å². The Morgan fingerprint density at radius 2 is 1.81 bits per heavy atom. The number of nitrogens with two attached hydrogens (primary N) is 1. The standard InChI is InChI=1S/C10H5Cl2F3N4O2/c11-5-1-4(10(13,14)15)2-6(12)8(5)18-9(16)7(3-17-18)19(20)21/h1-3H,16H2.